The van der Waals surface area contributed by atoms with E-state index >= 15 is 0 Å². The van der Waals surface area contributed by atoms with Gasteiger partial charge in [-0.05, 0) is 38.0 Å². The van der Waals surface area contributed by atoms with Gasteiger partial charge in [-0.15, -0.1) is 0 Å². The minimum absolute atomic E-state index is 0.0983. The molecule has 0 atom stereocenters. The van der Waals surface area contributed by atoms with Crippen LogP contribution in [0.5, 0.6) is 0 Å². The number of aliphatic imine (C=N–C) groups is 1. The zero-order chi connectivity index (χ0) is 17.4. The van der Waals surface area contributed by atoms with Crippen LogP contribution in [0.4, 0.5) is 0 Å². The molecule has 1 saturated heterocycles. The normalized spacial score (nSPS) is 22.4. The Hall–Kier alpha value is -1.30. The number of guanidine groups is 1. The molecule has 0 radical (unpaired) electrons. The lowest BCUT2D eigenvalue weighted by Crippen LogP contribution is -2.50. The molecule has 1 amide bonds. The molecular weight excluding hydrogens is 302 g/mol. The smallest absolute Gasteiger partial charge is 0.233 e. The Balaban J connectivity index is 1.79. The van der Waals surface area contributed by atoms with E-state index in [-0.39, 0.29) is 5.91 Å². The van der Waals surface area contributed by atoms with E-state index in [2.05, 4.69) is 34.7 Å². The summed E-state index contributed by atoms with van der Waals surface area (Å²) in [6.45, 7) is 8.71. The number of likely N-dealkylation sites (N-methyl/N-ethyl adjacent to an activating group) is 1. The van der Waals surface area contributed by atoms with Crippen LogP contribution in [0.2, 0.25) is 0 Å². The second kappa shape index (κ2) is 9.25. The first kappa shape index (κ1) is 19.0. The van der Waals surface area contributed by atoms with Crippen molar-refractivity contribution in [2.75, 3.05) is 39.8 Å². The minimum Gasteiger partial charge on any atom is -0.358 e. The number of hydrogen-bond donors (Lipinski definition) is 3. The molecule has 6 nitrogen and oxygen atoms in total. The zero-order valence-corrected chi connectivity index (χ0v) is 15.7. The molecule has 0 aromatic heterocycles. The Kier molecular flexibility index (Phi) is 7.34. The molecule has 0 bridgehead atoms. The Labute approximate surface area is 146 Å². The van der Waals surface area contributed by atoms with Gasteiger partial charge in [0.2, 0.25) is 5.91 Å². The topological polar surface area (TPSA) is 68.8 Å². The third-order valence-corrected chi connectivity index (χ3v) is 5.35. The molecule has 1 aliphatic heterocycles. The van der Waals surface area contributed by atoms with Gasteiger partial charge in [-0.25, -0.2) is 0 Å². The van der Waals surface area contributed by atoms with E-state index in [1.807, 2.05) is 0 Å². The maximum atomic E-state index is 11.5. The molecule has 3 N–H and O–H groups in total. The second-order valence-electron chi connectivity index (χ2n) is 7.58. The number of rotatable bonds is 6. The summed E-state index contributed by atoms with van der Waals surface area (Å²) in [5, 5.41) is 9.68. The van der Waals surface area contributed by atoms with Crippen LogP contribution < -0.4 is 16.0 Å². The van der Waals surface area contributed by atoms with Crippen molar-refractivity contribution in [1.82, 2.24) is 20.9 Å². The van der Waals surface area contributed by atoms with E-state index in [0.717, 1.165) is 45.0 Å². The SMILES string of the molecule is CCNC(=NCC1(C)CCCC1)NC1CCN(CC(=O)NC)CC1. The van der Waals surface area contributed by atoms with E-state index in [4.69, 9.17) is 4.99 Å². The van der Waals surface area contributed by atoms with Crippen LogP contribution >= 0.6 is 0 Å². The number of nitrogens with one attached hydrogen (secondary N) is 3. The van der Waals surface area contributed by atoms with Gasteiger partial charge in [0.25, 0.3) is 0 Å². The molecule has 6 heteroatoms. The lowest BCUT2D eigenvalue weighted by Gasteiger charge is -2.32. The van der Waals surface area contributed by atoms with Crippen molar-refractivity contribution in [2.45, 2.75) is 58.4 Å². The van der Waals surface area contributed by atoms with E-state index in [0.29, 0.717) is 18.0 Å². The molecule has 0 unspecified atom stereocenters. The molecule has 1 saturated carbocycles. The molecule has 2 rings (SSSR count). The van der Waals surface area contributed by atoms with Crippen molar-refractivity contribution < 1.29 is 4.79 Å². The fraction of sp³-hybridized carbons (Fsp3) is 0.889. The summed E-state index contributed by atoms with van der Waals surface area (Å²) in [5.41, 5.74) is 0.388. The summed E-state index contributed by atoms with van der Waals surface area (Å²) in [6.07, 6.45) is 7.40. The Bertz CT molecular complexity index is 423. The average molecular weight is 338 g/mol. The molecule has 0 aromatic carbocycles. The number of carbonyl (C=O) groups is 1. The van der Waals surface area contributed by atoms with Crippen molar-refractivity contribution in [3.8, 4) is 0 Å². The fourth-order valence-electron chi connectivity index (χ4n) is 3.69. The van der Waals surface area contributed by atoms with Gasteiger partial charge in [0.05, 0.1) is 6.54 Å². The highest BCUT2D eigenvalue weighted by atomic mass is 16.1. The number of nitrogens with zero attached hydrogens (tertiary/aromatic N) is 2. The van der Waals surface area contributed by atoms with Crippen molar-refractivity contribution >= 4 is 11.9 Å². The predicted molar refractivity (Wildman–Crippen MR) is 99.2 cm³/mol. The standard InChI is InChI=1S/C18H35N5O/c1-4-20-17(21-14-18(2)9-5-6-10-18)22-15-7-11-23(12-8-15)13-16(24)19-3/h15H,4-14H2,1-3H3,(H,19,24)(H2,20,21,22). The van der Waals surface area contributed by atoms with E-state index < -0.39 is 0 Å². The van der Waals surface area contributed by atoms with Gasteiger partial charge in [0, 0.05) is 39.3 Å². The summed E-state index contributed by atoms with van der Waals surface area (Å²) in [5.74, 6) is 1.05. The van der Waals surface area contributed by atoms with Crippen molar-refractivity contribution in [3.05, 3.63) is 0 Å². The van der Waals surface area contributed by atoms with E-state index in [1.54, 1.807) is 7.05 Å². The van der Waals surface area contributed by atoms with Crippen LogP contribution in [-0.4, -0.2) is 62.6 Å². The van der Waals surface area contributed by atoms with Crippen LogP contribution in [-0.2, 0) is 4.79 Å². The lowest BCUT2D eigenvalue weighted by molar-refractivity contribution is -0.122. The first-order valence-corrected chi connectivity index (χ1v) is 9.52. The summed E-state index contributed by atoms with van der Waals surface area (Å²) < 4.78 is 0. The molecule has 2 fully saturated rings. The monoisotopic (exact) mass is 337 g/mol. The largest absolute Gasteiger partial charge is 0.358 e. The van der Waals surface area contributed by atoms with Crippen LogP contribution in [0.25, 0.3) is 0 Å². The fourth-order valence-corrected chi connectivity index (χ4v) is 3.69. The Morgan fingerprint density at radius 1 is 1.25 bits per heavy atom. The molecule has 1 heterocycles. The molecule has 138 valence electrons. The third kappa shape index (κ3) is 5.96. The second-order valence-corrected chi connectivity index (χ2v) is 7.58. The van der Waals surface area contributed by atoms with Crippen molar-refractivity contribution in [3.63, 3.8) is 0 Å². The molecule has 0 aromatic rings. The first-order chi connectivity index (χ1) is 11.5. The number of likely N-dealkylation sites (tertiary alicyclic amines) is 1. The Morgan fingerprint density at radius 3 is 2.50 bits per heavy atom. The summed E-state index contributed by atoms with van der Waals surface area (Å²) in [4.78, 5) is 18.5. The van der Waals surface area contributed by atoms with Gasteiger partial charge in [0.1, 0.15) is 0 Å². The van der Waals surface area contributed by atoms with Crippen molar-refractivity contribution in [2.24, 2.45) is 10.4 Å². The predicted octanol–water partition coefficient (Wildman–Crippen LogP) is 1.33. The van der Waals surface area contributed by atoms with Crippen LogP contribution in [0.15, 0.2) is 4.99 Å². The van der Waals surface area contributed by atoms with E-state index in [9.17, 15) is 4.79 Å². The van der Waals surface area contributed by atoms with Gasteiger partial charge in [-0.1, -0.05) is 19.8 Å². The lowest BCUT2D eigenvalue weighted by atomic mass is 9.89. The highest BCUT2D eigenvalue weighted by Gasteiger charge is 2.28. The highest BCUT2D eigenvalue weighted by Crippen LogP contribution is 2.37. The first-order valence-electron chi connectivity index (χ1n) is 9.52. The molecule has 1 aliphatic carbocycles. The molecule has 2 aliphatic rings. The third-order valence-electron chi connectivity index (χ3n) is 5.35. The zero-order valence-electron chi connectivity index (χ0n) is 15.7. The summed E-state index contributed by atoms with van der Waals surface area (Å²) in [7, 11) is 1.70. The maximum Gasteiger partial charge on any atom is 0.233 e. The van der Waals surface area contributed by atoms with Crippen LogP contribution in [0.1, 0.15) is 52.4 Å². The molecule has 24 heavy (non-hydrogen) atoms. The molecule has 0 spiro atoms. The van der Waals surface area contributed by atoms with Gasteiger partial charge in [-0.2, -0.15) is 0 Å². The maximum absolute atomic E-state index is 11.5. The van der Waals surface area contributed by atoms with E-state index in [1.165, 1.54) is 25.7 Å². The highest BCUT2D eigenvalue weighted by molar-refractivity contribution is 5.80. The van der Waals surface area contributed by atoms with Gasteiger partial charge in [0.15, 0.2) is 5.96 Å². The van der Waals surface area contributed by atoms with Gasteiger partial charge < -0.3 is 16.0 Å². The van der Waals surface area contributed by atoms with Crippen molar-refractivity contribution in [1.29, 1.82) is 0 Å². The minimum atomic E-state index is 0.0983. The number of amides is 1. The molecular formula is C18H35N5O. The van der Waals surface area contributed by atoms with Crippen LogP contribution in [0, 0.1) is 5.41 Å². The number of carbonyl (C=O) groups excluding carboxylic acids is 1. The quantitative estimate of drug-likeness (QED) is 0.505. The summed E-state index contributed by atoms with van der Waals surface area (Å²) >= 11 is 0. The van der Waals surface area contributed by atoms with Gasteiger partial charge in [-0.3, -0.25) is 14.7 Å². The number of hydrogen-bond acceptors (Lipinski definition) is 3. The van der Waals surface area contributed by atoms with Gasteiger partial charge >= 0.3 is 0 Å². The Morgan fingerprint density at radius 2 is 1.92 bits per heavy atom. The number of piperidine rings is 1. The summed E-state index contributed by atoms with van der Waals surface area (Å²) in [6, 6.07) is 0.445. The average Bonchev–Trinajstić information content (AvgIpc) is 3.01. The van der Waals surface area contributed by atoms with Crippen LogP contribution in [0.3, 0.4) is 0 Å².